The topological polar surface area (TPSA) is 47.6 Å². The Morgan fingerprint density at radius 1 is 0.931 bits per heavy atom. The van der Waals surface area contributed by atoms with E-state index in [1.807, 2.05) is 30.3 Å². The maximum Gasteiger partial charge on any atom is 0.418 e. The first-order valence-electron chi connectivity index (χ1n) is 9.67. The Labute approximate surface area is 168 Å². The van der Waals surface area contributed by atoms with Crippen molar-refractivity contribution >= 4 is 17.4 Å². The van der Waals surface area contributed by atoms with Gasteiger partial charge < -0.3 is 15.5 Å². The summed E-state index contributed by atoms with van der Waals surface area (Å²) in [5.41, 5.74) is 0.404. The number of anilines is 2. The molecule has 0 aromatic heterocycles. The van der Waals surface area contributed by atoms with E-state index < -0.39 is 11.7 Å². The highest BCUT2D eigenvalue weighted by Gasteiger charge is 2.35. The molecule has 0 atom stereocenters. The maximum absolute atomic E-state index is 13.2. The average Bonchev–Trinajstić information content (AvgIpc) is 2.72. The molecule has 2 amide bonds. The van der Waals surface area contributed by atoms with Crippen LogP contribution in [0.4, 0.5) is 29.3 Å². The minimum atomic E-state index is -4.35. The largest absolute Gasteiger partial charge is 0.418 e. The molecule has 8 heteroatoms. The van der Waals surface area contributed by atoms with Gasteiger partial charge in [-0.25, -0.2) is 4.79 Å². The summed E-state index contributed by atoms with van der Waals surface area (Å²) in [6.07, 6.45) is -3.57. The van der Waals surface area contributed by atoms with Gasteiger partial charge in [0.05, 0.1) is 5.56 Å². The van der Waals surface area contributed by atoms with Gasteiger partial charge in [-0.1, -0.05) is 30.3 Å². The van der Waals surface area contributed by atoms with Crippen molar-refractivity contribution in [2.75, 3.05) is 49.5 Å². The molecule has 2 aromatic rings. The standard InChI is InChI=1S/C21H25F3N4O/c22-21(23,24)18-9-4-5-10-19(18)28-15-13-27(14-16-28)12-6-11-25-20(29)26-17-7-2-1-3-8-17/h1-5,7-10H,6,11-16H2,(H2,25,26,29). The summed E-state index contributed by atoms with van der Waals surface area (Å²) < 4.78 is 39.6. The molecule has 5 nitrogen and oxygen atoms in total. The van der Waals surface area contributed by atoms with Gasteiger partial charge in [0, 0.05) is 44.1 Å². The summed E-state index contributed by atoms with van der Waals surface area (Å²) in [6.45, 7) is 3.82. The third-order valence-electron chi connectivity index (χ3n) is 4.89. The Bertz CT molecular complexity index is 790. The summed E-state index contributed by atoms with van der Waals surface area (Å²) in [6, 6.07) is 14.7. The lowest BCUT2D eigenvalue weighted by atomic mass is 10.1. The lowest BCUT2D eigenvalue weighted by Gasteiger charge is -2.37. The van der Waals surface area contributed by atoms with Crippen LogP contribution in [0.5, 0.6) is 0 Å². The molecule has 2 N–H and O–H groups in total. The van der Waals surface area contributed by atoms with Gasteiger partial charge in [-0.15, -0.1) is 0 Å². The van der Waals surface area contributed by atoms with Gasteiger partial charge >= 0.3 is 12.2 Å². The number of piperazine rings is 1. The van der Waals surface area contributed by atoms with Crippen LogP contribution in [0.3, 0.4) is 0 Å². The molecular formula is C21H25F3N4O. The number of urea groups is 1. The number of carbonyl (C=O) groups is 1. The molecule has 29 heavy (non-hydrogen) atoms. The monoisotopic (exact) mass is 406 g/mol. The second-order valence-corrected chi connectivity index (χ2v) is 6.94. The fraction of sp³-hybridized carbons (Fsp3) is 0.381. The Morgan fingerprint density at radius 3 is 2.28 bits per heavy atom. The van der Waals surface area contributed by atoms with Crippen LogP contribution in [-0.4, -0.2) is 50.2 Å². The average molecular weight is 406 g/mol. The van der Waals surface area contributed by atoms with Crippen molar-refractivity contribution < 1.29 is 18.0 Å². The number of benzene rings is 2. The number of nitrogens with zero attached hydrogens (tertiary/aromatic N) is 2. The Balaban J connectivity index is 1.38. The van der Waals surface area contributed by atoms with Gasteiger partial charge in [0.1, 0.15) is 0 Å². The smallest absolute Gasteiger partial charge is 0.368 e. The summed E-state index contributed by atoms with van der Waals surface area (Å²) >= 11 is 0. The van der Waals surface area contributed by atoms with Gasteiger partial charge in [0.15, 0.2) is 0 Å². The molecule has 0 bridgehead atoms. The summed E-state index contributed by atoms with van der Waals surface area (Å²) in [7, 11) is 0. The lowest BCUT2D eigenvalue weighted by Crippen LogP contribution is -2.47. The molecule has 1 aliphatic heterocycles. The zero-order chi connectivity index (χ0) is 20.7. The van der Waals surface area contributed by atoms with Crippen LogP contribution in [0.25, 0.3) is 0 Å². The maximum atomic E-state index is 13.2. The highest BCUT2D eigenvalue weighted by molar-refractivity contribution is 5.89. The number of rotatable bonds is 6. The van der Waals surface area contributed by atoms with Crippen molar-refractivity contribution in [2.24, 2.45) is 0 Å². The first-order valence-corrected chi connectivity index (χ1v) is 9.67. The van der Waals surface area contributed by atoms with Crippen molar-refractivity contribution in [2.45, 2.75) is 12.6 Å². The highest BCUT2D eigenvalue weighted by atomic mass is 19.4. The number of halogens is 3. The van der Waals surface area contributed by atoms with Crippen LogP contribution in [-0.2, 0) is 6.18 Å². The van der Waals surface area contributed by atoms with E-state index >= 15 is 0 Å². The number of hydrogen-bond donors (Lipinski definition) is 2. The van der Waals surface area contributed by atoms with Crippen molar-refractivity contribution in [1.29, 1.82) is 0 Å². The zero-order valence-corrected chi connectivity index (χ0v) is 16.1. The van der Waals surface area contributed by atoms with Crippen LogP contribution in [0.15, 0.2) is 54.6 Å². The molecule has 1 fully saturated rings. The molecule has 0 spiro atoms. The van der Waals surface area contributed by atoms with Gasteiger partial charge in [0.2, 0.25) is 0 Å². The van der Waals surface area contributed by atoms with Gasteiger partial charge in [0.25, 0.3) is 0 Å². The minimum absolute atomic E-state index is 0.246. The Morgan fingerprint density at radius 2 is 1.59 bits per heavy atom. The number of nitrogens with one attached hydrogen (secondary N) is 2. The number of amides is 2. The molecule has 2 aromatic carbocycles. The predicted octanol–water partition coefficient (Wildman–Crippen LogP) is 4.04. The number of carbonyl (C=O) groups excluding carboxylic acids is 1. The van der Waals surface area contributed by atoms with E-state index in [9.17, 15) is 18.0 Å². The normalized spacial score (nSPS) is 15.2. The Kier molecular flexibility index (Phi) is 6.98. The number of hydrogen-bond acceptors (Lipinski definition) is 3. The molecule has 0 unspecified atom stereocenters. The van der Waals surface area contributed by atoms with E-state index in [1.165, 1.54) is 12.1 Å². The SMILES string of the molecule is O=C(NCCCN1CCN(c2ccccc2C(F)(F)F)CC1)Nc1ccccc1. The van der Waals surface area contributed by atoms with Crippen molar-refractivity contribution in [3.8, 4) is 0 Å². The van der Waals surface area contributed by atoms with Gasteiger partial charge in [-0.05, 0) is 37.2 Å². The summed E-state index contributed by atoms with van der Waals surface area (Å²) in [4.78, 5) is 15.9. The van der Waals surface area contributed by atoms with Gasteiger partial charge in [-0.2, -0.15) is 13.2 Å². The summed E-state index contributed by atoms with van der Waals surface area (Å²) in [5.74, 6) is 0. The molecule has 156 valence electrons. The van der Waals surface area contributed by atoms with Crippen molar-refractivity contribution in [3.63, 3.8) is 0 Å². The van der Waals surface area contributed by atoms with Crippen LogP contribution in [0, 0.1) is 0 Å². The van der Waals surface area contributed by atoms with E-state index in [2.05, 4.69) is 15.5 Å². The van der Waals surface area contributed by atoms with E-state index in [0.29, 0.717) is 32.7 Å². The van der Waals surface area contributed by atoms with Gasteiger partial charge in [-0.3, -0.25) is 4.90 Å². The molecule has 0 radical (unpaired) electrons. The third-order valence-corrected chi connectivity index (χ3v) is 4.89. The molecule has 0 aliphatic carbocycles. The minimum Gasteiger partial charge on any atom is -0.368 e. The van der Waals surface area contributed by atoms with Crippen LogP contribution < -0.4 is 15.5 Å². The van der Waals surface area contributed by atoms with E-state index in [-0.39, 0.29) is 11.7 Å². The third kappa shape index (κ3) is 6.12. The number of alkyl halides is 3. The molecule has 0 saturated carbocycles. The number of para-hydroxylation sites is 2. The van der Waals surface area contributed by atoms with Crippen LogP contribution in [0.1, 0.15) is 12.0 Å². The molecule has 1 heterocycles. The first kappa shape index (κ1) is 21.0. The second-order valence-electron chi connectivity index (χ2n) is 6.94. The molecule has 3 rings (SSSR count). The Hall–Kier alpha value is -2.74. The van der Waals surface area contributed by atoms with E-state index in [1.54, 1.807) is 11.0 Å². The fourth-order valence-electron chi connectivity index (χ4n) is 3.40. The van der Waals surface area contributed by atoms with Crippen LogP contribution >= 0.6 is 0 Å². The van der Waals surface area contributed by atoms with Crippen molar-refractivity contribution in [1.82, 2.24) is 10.2 Å². The predicted molar refractivity (Wildman–Crippen MR) is 108 cm³/mol. The molecular weight excluding hydrogens is 381 g/mol. The first-order chi connectivity index (χ1) is 13.9. The van der Waals surface area contributed by atoms with Crippen LogP contribution in [0.2, 0.25) is 0 Å². The fourth-order valence-corrected chi connectivity index (χ4v) is 3.40. The second kappa shape index (κ2) is 9.65. The molecule has 1 saturated heterocycles. The highest BCUT2D eigenvalue weighted by Crippen LogP contribution is 2.36. The zero-order valence-electron chi connectivity index (χ0n) is 16.1. The molecule has 1 aliphatic rings. The lowest BCUT2D eigenvalue weighted by molar-refractivity contribution is -0.137. The summed E-state index contributed by atoms with van der Waals surface area (Å²) in [5, 5.41) is 5.58. The van der Waals surface area contributed by atoms with E-state index in [0.717, 1.165) is 24.7 Å². The van der Waals surface area contributed by atoms with Crippen molar-refractivity contribution in [3.05, 3.63) is 60.2 Å². The quantitative estimate of drug-likeness (QED) is 0.712. The van der Waals surface area contributed by atoms with E-state index in [4.69, 9.17) is 0 Å².